The molecule has 0 aliphatic carbocycles. The number of benzene rings is 2. The number of rotatable bonds is 3. The molecule has 2 nitrogen and oxygen atoms in total. The maximum absolute atomic E-state index is 13.6. The van der Waals surface area contributed by atoms with E-state index in [1.807, 2.05) is 0 Å². The van der Waals surface area contributed by atoms with Gasteiger partial charge in [0.25, 0.3) is 0 Å². The Kier molecular flexibility index (Phi) is 3.25. The van der Waals surface area contributed by atoms with Crippen LogP contribution in [-0.4, -0.2) is 10.4 Å². The second kappa shape index (κ2) is 5.09. The number of ketones is 1. The van der Waals surface area contributed by atoms with E-state index in [0.717, 1.165) is 12.1 Å². The highest BCUT2D eigenvalue weighted by Crippen LogP contribution is 2.19. The van der Waals surface area contributed by atoms with Gasteiger partial charge in [0.1, 0.15) is 5.82 Å². The van der Waals surface area contributed by atoms with Crippen LogP contribution in [0.15, 0.2) is 48.7 Å². The normalized spacial score (nSPS) is 11.0. The van der Waals surface area contributed by atoms with Crippen molar-refractivity contribution in [1.29, 1.82) is 0 Å². The molecule has 0 unspecified atom stereocenters. The van der Waals surface area contributed by atoms with Gasteiger partial charge in [0.05, 0.1) is 12.1 Å². The number of aromatic nitrogens is 1. The molecule has 0 radical (unpaired) electrons. The topological polar surface area (TPSA) is 22.0 Å². The molecule has 0 bridgehead atoms. The van der Waals surface area contributed by atoms with Crippen LogP contribution in [0, 0.1) is 17.5 Å². The van der Waals surface area contributed by atoms with Crippen molar-refractivity contribution < 1.29 is 18.0 Å². The Labute approximate surface area is 118 Å². The molecule has 0 spiro atoms. The number of halogens is 3. The molecule has 5 heteroatoms. The monoisotopic (exact) mass is 289 g/mol. The Hall–Kier alpha value is -2.56. The van der Waals surface area contributed by atoms with Crippen LogP contribution >= 0.6 is 0 Å². The smallest absolute Gasteiger partial charge is 0.182 e. The van der Waals surface area contributed by atoms with Crippen molar-refractivity contribution in [3.05, 3.63) is 71.7 Å². The third-order valence-electron chi connectivity index (χ3n) is 3.32. The molecule has 0 aliphatic heterocycles. The van der Waals surface area contributed by atoms with Crippen molar-refractivity contribution in [2.45, 2.75) is 6.54 Å². The fraction of sp³-hybridized carbons (Fsp3) is 0.0625. The molecule has 21 heavy (non-hydrogen) atoms. The molecule has 3 aromatic rings. The summed E-state index contributed by atoms with van der Waals surface area (Å²) in [5.74, 6) is -2.81. The van der Waals surface area contributed by atoms with Crippen LogP contribution in [0.5, 0.6) is 0 Å². The summed E-state index contributed by atoms with van der Waals surface area (Å²) in [4.78, 5) is 12.1. The summed E-state index contributed by atoms with van der Waals surface area (Å²) in [7, 11) is 0. The molecule has 0 saturated heterocycles. The second-order valence-electron chi connectivity index (χ2n) is 4.67. The van der Waals surface area contributed by atoms with E-state index in [1.54, 1.807) is 29.0 Å². The lowest BCUT2D eigenvalue weighted by Crippen LogP contribution is -2.10. The van der Waals surface area contributed by atoms with Gasteiger partial charge in [0.2, 0.25) is 0 Å². The minimum atomic E-state index is -1.07. The van der Waals surface area contributed by atoms with Crippen LogP contribution in [0.2, 0.25) is 0 Å². The lowest BCUT2D eigenvalue weighted by atomic mass is 10.1. The van der Waals surface area contributed by atoms with Crippen molar-refractivity contribution in [2.24, 2.45) is 0 Å². The van der Waals surface area contributed by atoms with E-state index in [1.165, 1.54) is 12.1 Å². The summed E-state index contributed by atoms with van der Waals surface area (Å²) in [5, 5.41) is 0.413. The van der Waals surface area contributed by atoms with Gasteiger partial charge in [-0.3, -0.25) is 4.79 Å². The predicted molar refractivity (Wildman–Crippen MR) is 72.6 cm³/mol. The zero-order valence-corrected chi connectivity index (χ0v) is 10.8. The summed E-state index contributed by atoms with van der Waals surface area (Å²) in [5.41, 5.74) is 0.651. The maximum atomic E-state index is 13.6. The van der Waals surface area contributed by atoms with Gasteiger partial charge < -0.3 is 4.57 Å². The lowest BCUT2D eigenvalue weighted by Gasteiger charge is -2.05. The molecular formula is C16H10F3NO. The molecule has 0 N–H and O–H groups in total. The first-order valence-corrected chi connectivity index (χ1v) is 6.28. The highest BCUT2D eigenvalue weighted by atomic mass is 19.2. The zero-order valence-electron chi connectivity index (χ0n) is 10.8. The van der Waals surface area contributed by atoms with Crippen molar-refractivity contribution in [3.63, 3.8) is 0 Å². The Morgan fingerprint density at radius 2 is 1.76 bits per heavy atom. The molecule has 2 aromatic carbocycles. The van der Waals surface area contributed by atoms with E-state index in [-0.39, 0.29) is 23.7 Å². The van der Waals surface area contributed by atoms with Gasteiger partial charge in [-0.2, -0.15) is 0 Å². The molecule has 1 aromatic heterocycles. The van der Waals surface area contributed by atoms with E-state index >= 15 is 0 Å². The fourth-order valence-corrected chi connectivity index (χ4v) is 2.24. The highest BCUT2D eigenvalue weighted by Gasteiger charge is 2.12. The first-order valence-electron chi connectivity index (χ1n) is 6.28. The average molecular weight is 289 g/mol. The third kappa shape index (κ3) is 2.42. The van der Waals surface area contributed by atoms with E-state index in [2.05, 4.69) is 0 Å². The number of Topliss-reactive ketones (excluding diaryl/α,β-unsaturated/α-hetero) is 1. The Bertz CT molecular complexity index is 839. The highest BCUT2D eigenvalue weighted by molar-refractivity contribution is 5.96. The molecule has 3 rings (SSSR count). The summed E-state index contributed by atoms with van der Waals surface area (Å²) in [6.07, 6.45) is 1.59. The number of hydrogen-bond acceptors (Lipinski definition) is 1. The summed E-state index contributed by atoms with van der Waals surface area (Å²) >= 11 is 0. The van der Waals surface area contributed by atoms with Gasteiger partial charge in [-0.15, -0.1) is 0 Å². The Balaban J connectivity index is 1.93. The minimum absolute atomic E-state index is 0.0714. The molecule has 0 fully saturated rings. The quantitative estimate of drug-likeness (QED) is 0.669. The molecule has 1 heterocycles. The first kappa shape index (κ1) is 13.4. The van der Waals surface area contributed by atoms with Gasteiger partial charge in [-0.25, -0.2) is 13.2 Å². The fourth-order valence-electron chi connectivity index (χ4n) is 2.24. The van der Waals surface area contributed by atoms with Gasteiger partial charge >= 0.3 is 0 Å². The van der Waals surface area contributed by atoms with E-state index in [9.17, 15) is 18.0 Å². The summed E-state index contributed by atoms with van der Waals surface area (Å²) < 4.78 is 41.1. The number of carbonyl (C=O) groups excluding carboxylic acids is 1. The Morgan fingerprint density at radius 1 is 0.952 bits per heavy atom. The molecule has 0 saturated carbocycles. The molecule has 0 amide bonds. The van der Waals surface area contributed by atoms with E-state index in [0.29, 0.717) is 10.9 Å². The zero-order chi connectivity index (χ0) is 15.0. The van der Waals surface area contributed by atoms with Gasteiger partial charge in [0.15, 0.2) is 17.4 Å². The SMILES string of the molecule is O=C(Cn1ccc2c(F)cccc21)c1ccc(F)c(F)c1. The van der Waals surface area contributed by atoms with Crippen molar-refractivity contribution in [3.8, 4) is 0 Å². The average Bonchev–Trinajstić information content (AvgIpc) is 2.86. The predicted octanol–water partition coefficient (Wildman–Crippen LogP) is 3.94. The van der Waals surface area contributed by atoms with Crippen LogP contribution in [0.1, 0.15) is 10.4 Å². The van der Waals surface area contributed by atoms with Gasteiger partial charge in [-0.1, -0.05) is 6.07 Å². The number of carbonyl (C=O) groups is 1. The standard InChI is InChI=1S/C16H10F3NO/c17-12-2-1-3-15-11(12)6-7-20(15)9-16(21)10-4-5-13(18)14(19)8-10/h1-8H,9H2. The van der Waals surface area contributed by atoms with Crippen LogP contribution < -0.4 is 0 Å². The molecule has 0 aliphatic rings. The molecular weight excluding hydrogens is 279 g/mol. The van der Waals surface area contributed by atoms with Gasteiger partial charge in [0, 0.05) is 17.1 Å². The maximum Gasteiger partial charge on any atom is 0.182 e. The molecule has 106 valence electrons. The minimum Gasteiger partial charge on any atom is -0.340 e. The van der Waals surface area contributed by atoms with Crippen molar-refractivity contribution >= 4 is 16.7 Å². The summed E-state index contributed by atoms with van der Waals surface area (Å²) in [6, 6.07) is 9.16. The van der Waals surface area contributed by atoms with Crippen molar-refractivity contribution in [1.82, 2.24) is 4.57 Å². The second-order valence-corrected chi connectivity index (χ2v) is 4.67. The number of nitrogens with zero attached hydrogens (tertiary/aromatic N) is 1. The van der Waals surface area contributed by atoms with Gasteiger partial charge in [-0.05, 0) is 36.4 Å². The van der Waals surface area contributed by atoms with Crippen LogP contribution in [-0.2, 0) is 6.54 Å². The molecule has 0 atom stereocenters. The Morgan fingerprint density at radius 3 is 2.52 bits per heavy atom. The van der Waals surface area contributed by atoms with E-state index < -0.39 is 11.6 Å². The number of fused-ring (bicyclic) bond motifs is 1. The van der Waals surface area contributed by atoms with E-state index in [4.69, 9.17) is 0 Å². The van der Waals surface area contributed by atoms with Crippen LogP contribution in [0.4, 0.5) is 13.2 Å². The van der Waals surface area contributed by atoms with Crippen molar-refractivity contribution in [2.75, 3.05) is 0 Å². The first-order chi connectivity index (χ1) is 10.1. The summed E-state index contributed by atoms with van der Waals surface area (Å²) in [6.45, 7) is -0.0714. The third-order valence-corrected chi connectivity index (χ3v) is 3.32. The largest absolute Gasteiger partial charge is 0.340 e. The van der Waals surface area contributed by atoms with Crippen LogP contribution in [0.3, 0.4) is 0 Å². The lowest BCUT2D eigenvalue weighted by molar-refractivity contribution is 0.0973. The number of hydrogen-bond donors (Lipinski definition) is 0. The van der Waals surface area contributed by atoms with Crippen LogP contribution in [0.25, 0.3) is 10.9 Å².